The van der Waals surface area contributed by atoms with Gasteiger partial charge in [-0.25, -0.2) is 4.68 Å². The number of rotatable bonds is 7. The number of nitrogens with zero attached hydrogens (tertiary/aromatic N) is 3. The van der Waals surface area contributed by atoms with Gasteiger partial charge in [0.15, 0.2) is 0 Å². The number of carbonyl (C=O) groups is 3. The molecule has 3 amide bonds. The second-order valence-corrected chi connectivity index (χ2v) is 8.63. The highest BCUT2D eigenvalue weighted by atomic mass is 16.2. The summed E-state index contributed by atoms with van der Waals surface area (Å²) in [5, 5.41) is 7.64. The summed E-state index contributed by atoms with van der Waals surface area (Å²) in [4.78, 5) is 38.3. The van der Waals surface area contributed by atoms with E-state index in [4.69, 9.17) is 10.8 Å². The van der Waals surface area contributed by atoms with E-state index in [1.165, 1.54) is 0 Å². The van der Waals surface area contributed by atoms with Crippen LogP contribution in [0.2, 0.25) is 0 Å². The van der Waals surface area contributed by atoms with Gasteiger partial charge in [-0.05, 0) is 31.9 Å². The Bertz CT molecular complexity index is 1160. The Morgan fingerprint density at radius 1 is 1.00 bits per heavy atom. The van der Waals surface area contributed by atoms with Crippen LogP contribution < -0.4 is 11.1 Å². The summed E-state index contributed by atoms with van der Waals surface area (Å²) in [7, 11) is 0. The van der Waals surface area contributed by atoms with Crippen LogP contribution in [0.3, 0.4) is 0 Å². The summed E-state index contributed by atoms with van der Waals surface area (Å²) in [6.07, 6.45) is 1.32. The number of hydrogen-bond acceptors (Lipinski definition) is 4. The van der Waals surface area contributed by atoms with Gasteiger partial charge in [-0.3, -0.25) is 14.4 Å². The van der Waals surface area contributed by atoms with E-state index in [1.807, 2.05) is 67.6 Å². The number of aromatic nitrogens is 2. The molecular formula is C26H29N5O3. The van der Waals surface area contributed by atoms with Gasteiger partial charge >= 0.3 is 0 Å². The minimum atomic E-state index is -0.313. The Morgan fingerprint density at radius 2 is 1.68 bits per heavy atom. The first kappa shape index (κ1) is 23.2. The maximum absolute atomic E-state index is 12.7. The molecule has 1 aliphatic heterocycles. The molecule has 0 atom stereocenters. The van der Waals surface area contributed by atoms with E-state index >= 15 is 0 Å². The Morgan fingerprint density at radius 3 is 2.32 bits per heavy atom. The van der Waals surface area contributed by atoms with E-state index in [2.05, 4.69) is 5.32 Å². The van der Waals surface area contributed by atoms with Gasteiger partial charge in [0.05, 0.1) is 11.4 Å². The molecule has 0 bridgehead atoms. The first-order chi connectivity index (χ1) is 16.4. The third-order valence-electron chi connectivity index (χ3n) is 6.14. The molecule has 3 aromatic rings. The van der Waals surface area contributed by atoms with Crippen LogP contribution in [0.1, 0.15) is 31.2 Å². The molecule has 8 heteroatoms. The van der Waals surface area contributed by atoms with Crippen LogP contribution in [-0.4, -0.2) is 45.5 Å². The molecule has 176 valence electrons. The van der Waals surface area contributed by atoms with Crippen molar-refractivity contribution in [3.8, 4) is 16.9 Å². The molecule has 2 heterocycles. The first-order valence-electron chi connectivity index (χ1n) is 11.5. The lowest BCUT2D eigenvalue weighted by Gasteiger charge is -2.30. The predicted molar refractivity (Wildman–Crippen MR) is 130 cm³/mol. The van der Waals surface area contributed by atoms with Gasteiger partial charge in [-0.2, -0.15) is 5.10 Å². The number of carbonyl (C=O) groups excluding carboxylic acids is 3. The van der Waals surface area contributed by atoms with Gasteiger partial charge in [-0.1, -0.05) is 48.0 Å². The number of primary amides is 1. The number of nitrogens with two attached hydrogens (primary N) is 1. The van der Waals surface area contributed by atoms with Gasteiger partial charge < -0.3 is 16.0 Å². The number of amides is 3. The zero-order valence-corrected chi connectivity index (χ0v) is 19.2. The van der Waals surface area contributed by atoms with Gasteiger partial charge in [0.2, 0.25) is 17.7 Å². The van der Waals surface area contributed by atoms with Crippen molar-refractivity contribution in [1.29, 1.82) is 0 Å². The Labute approximate surface area is 198 Å². The second-order valence-electron chi connectivity index (χ2n) is 8.63. The van der Waals surface area contributed by atoms with Crippen LogP contribution in [0, 0.1) is 12.8 Å². The van der Waals surface area contributed by atoms with Crippen molar-refractivity contribution in [2.75, 3.05) is 18.4 Å². The normalized spacial score (nSPS) is 14.1. The quantitative estimate of drug-likeness (QED) is 0.565. The highest BCUT2D eigenvalue weighted by Crippen LogP contribution is 2.25. The van der Waals surface area contributed by atoms with Crippen molar-refractivity contribution >= 4 is 23.5 Å². The standard InChI is InChI=1S/C26H29N5O3/c1-18-7-9-21(10-8-18)31-23(17-22(29-31)19-5-3-2-4-6-19)28-24(32)11-12-25(33)30-15-13-20(14-16-30)26(27)34/h2-10,17,20H,11-16H2,1H3,(H2,27,34)(H,28,32). The monoisotopic (exact) mass is 459 g/mol. The highest BCUT2D eigenvalue weighted by Gasteiger charge is 2.26. The van der Waals surface area contributed by atoms with Crippen LogP contribution in [0.5, 0.6) is 0 Å². The summed E-state index contributed by atoms with van der Waals surface area (Å²) in [5.74, 6) is -0.287. The molecule has 3 N–H and O–H groups in total. The minimum Gasteiger partial charge on any atom is -0.369 e. The average Bonchev–Trinajstić information content (AvgIpc) is 3.27. The van der Waals surface area contributed by atoms with Crippen molar-refractivity contribution in [3.63, 3.8) is 0 Å². The molecular weight excluding hydrogens is 430 g/mol. The Hall–Kier alpha value is -3.94. The molecule has 0 saturated carbocycles. The van der Waals surface area contributed by atoms with Gasteiger partial charge in [0.1, 0.15) is 5.82 Å². The van der Waals surface area contributed by atoms with Crippen LogP contribution in [0.4, 0.5) is 5.82 Å². The summed E-state index contributed by atoms with van der Waals surface area (Å²) in [6.45, 7) is 3.00. The van der Waals surface area contributed by atoms with Crippen LogP contribution in [-0.2, 0) is 14.4 Å². The van der Waals surface area contributed by atoms with E-state index in [0.717, 1.165) is 22.5 Å². The highest BCUT2D eigenvalue weighted by molar-refractivity contribution is 5.93. The number of aryl methyl sites for hydroxylation is 1. The molecule has 0 spiro atoms. The molecule has 0 radical (unpaired) electrons. The summed E-state index contributed by atoms with van der Waals surface area (Å²) >= 11 is 0. The summed E-state index contributed by atoms with van der Waals surface area (Å²) in [6, 6.07) is 19.5. The lowest BCUT2D eigenvalue weighted by molar-refractivity contribution is -0.135. The zero-order valence-electron chi connectivity index (χ0n) is 19.2. The smallest absolute Gasteiger partial charge is 0.226 e. The van der Waals surface area contributed by atoms with Crippen LogP contribution in [0.25, 0.3) is 16.9 Å². The minimum absolute atomic E-state index is 0.0638. The topological polar surface area (TPSA) is 110 Å². The maximum atomic E-state index is 12.7. The predicted octanol–water partition coefficient (Wildman–Crippen LogP) is 3.29. The lowest BCUT2D eigenvalue weighted by Crippen LogP contribution is -2.41. The fraction of sp³-hybridized carbons (Fsp3) is 0.308. The molecule has 4 rings (SSSR count). The van der Waals surface area contributed by atoms with E-state index in [-0.39, 0.29) is 36.5 Å². The van der Waals surface area contributed by atoms with Gasteiger partial charge in [0, 0.05) is 43.5 Å². The second kappa shape index (κ2) is 10.3. The van der Waals surface area contributed by atoms with Crippen molar-refractivity contribution in [2.45, 2.75) is 32.6 Å². The number of nitrogens with one attached hydrogen (secondary N) is 1. The van der Waals surface area contributed by atoms with E-state index in [0.29, 0.717) is 31.7 Å². The Kier molecular flexibility index (Phi) is 7.06. The fourth-order valence-electron chi connectivity index (χ4n) is 4.10. The maximum Gasteiger partial charge on any atom is 0.226 e. The summed E-state index contributed by atoms with van der Waals surface area (Å²) in [5.41, 5.74) is 9.00. The van der Waals surface area contributed by atoms with Crippen molar-refractivity contribution in [2.24, 2.45) is 11.7 Å². The molecule has 1 aliphatic rings. The van der Waals surface area contributed by atoms with Crippen molar-refractivity contribution < 1.29 is 14.4 Å². The molecule has 34 heavy (non-hydrogen) atoms. The third kappa shape index (κ3) is 5.51. The SMILES string of the molecule is Cc1ccc(-n2nc(-c3ccccc3)cc2NC(=O)CCC(=O)N2CCC(C(N)=O)CC2)cc1. The number of likely N-dealkylation sites (tertiary alicyclic amines) is 1. The lowest BCUT2D eigenvalue weighted by atomic mass is 9.96. The third-order valence-corrected chi connectivity index (χ3v) is 6.14. The number of hydrogen-bond donors (Lipinski definition) is 2. The van der Waals surface area contributed by atoms with Gasteiger partial charge in [-0.15, -0.1) is 0 Å². The molecule has 8 nitrogen and oxygen atoms in total. The molecule has 1 saturated heterocycles. The van der Waals surface area contributed by atoms with E-state index in [1.54, 1.807) is 9.58 Å². The van der Waals surface area contributed by atoms with Gasteiger partial charge in [0.25, 0.3) is 0 Å². The number of benzene rings is 2. The van der Waals surface area contributed by atoms with Crippen molar-refractivity contribution in [3.05, 3.63) is 66.2 Å². The van der Waals surface area contributed by atoms with E-state index < -0.39 is 0 Å². The zero-order chi connectivity index (χ0) is 24.1. The largest absolute Gasteiger partial charge is 0.369 e. The molecule has 2 aromatic carbocycles. The van der Waals surface area contributed by atoms with Crippen LogP contribution in [0.15, 0.2) is 60.7 Å². The van der Waals surface area contributed by atoms with Crippen LogP contribution >= 0.6 is 0 Å². The number of piperidine rings is 1. The molecule has 1 aromatic heterocycles. The molecule has 0 unspecified atom stereocenters. The first-order valence-corrected chi connectivity index (χ1v) is 11.5. The molecule has 0 aliphatic carbocycles. The fourth-order valence-corrected chi connectivity index (χ4v) is 4.10. The number of anilines is 1. The summed E-state index contributed by atoms with van der Waals surface area (Å²) < 4.78 is 1.70. The average molecular weight is 460 g/mol. The van der Waals surface area contributed by atoms with Crippen molar-refractivity contribution in [1.82, 2.24) is 14.7 Å². The van der Waals surface area contributed by atoms with E-state index in [9.17, 15) is 14.4 Å². The Balaban J connectivity index is 1.43. The molecule has 1 fully saturated rings.